The van der Waals surface area contributed by atoms with Crippen molar-refractivity contribution in [1.82, 2.24) is 4.90 Å². The van der Waals surface area contributed by atoms with Crippen molar-refractivity contribution < 1.29 is 17.6 Å². The third kappa shape index (κ3) is 4.28. The van der Waals surface area contributed by atoms with Crippen molar-refractivity contribution >= 4 is 31.7 Å². The summed E-state index contributed by atoms with van der Waals surface area (Å²) < 4.78 is 36.5. The number of rotatable bonds is 5. The van der Waals surface area contributed by atoms with Crippen LogP contribution in [0.15, 0.2) is 22.7 Å². The van der Waals surface area contributed by atoms with Gasteiger partial charge in [-0.2, -0.15) is 0 Å². The predicted octanol–water partition coefficient (Wildman–Crippen LogP) is 2.48. The first-order valence-corrected chi connectivity index (χ1v) is 8.72. The van der Waals surface area contributed by atoms with Gasteiger partial charge in [-0.1, -0.05) is 6.92 Å². The van der Waals surface area contributed by atoms with Crippen LogP contribution in [0.4, 0.5) is 4.39 Å². The molecule has 112 valence electrons. The summed E-state index contributed by atoms with van der Waals surface area (Å²) in [6.45, 7) is 3.24. The highest BCUT2D eigenvalue weighted by Gasteiger charge is 2.23. The Balaban J connectivity index is 2.91. The lowest BCUT2D eigenvalue weighted by Gasteiger charge is -2.25. The largest absolute Gasteiger partial charge is 0.338 e. The first-order chi connectivity index (χ1) is 9.18. The summed E-state index contributed by atoms with van der Waals surface area (Å²) in [4.78, 5) is 13.6. The van der Waals surface area contributed by atoms with E-state index in [1.807, 2.05) is 0 Å². The molecule has 1 rings (SSSR count). The molecule has 0 bridgehead atoms. The summed E-state index contributed by atoms with van der Waals surface area (Å²) in [5.74, 6) is -0.849. The number of halogens is 2. The molecule has 1 unspecified atom stereocenters. The van der Waals surface area contributed by atoms with Gasteiger partial charge in [-0.05, 0) is 41.1 Å². The lowest BCUT2D eigenvalue weighted by molar-refractivity contribution is 0.0756. The van der Waals surface area contributed by atoms with Crippen LogP contribution in [0.1, 0.15) is 24.2 Å². The van der Waals surface area contributed by atoms with Gasteiger partial charge in [0.05, 0.1) is 11.3 Å². The number of benzene rings is 1. The zero-order chi connectivity index (χ0) is 15.5. The third-order valence-corrected chi connectivity index (χ3v) is 5.60. The fraction of sp³-hybridized carbons (Fsp3) is 0.462. The van der Waals surface area contributed by atoms with Gasteiger partial charge in [0.25, 0.3) is 5.91 Å². The van der Waals surface area contributed by atoms with Gasteiger partial charge in [-0.15, -0.1) is 0 Å². The first kappa shape index (κ1) is 17.1. The van der Waals surface area contributed by atoms with Gasteiger partial charge in [0.15, 0.2) is 9.84 Å². The second-order valence-corrected chi connectivity index (χ2v) is 7.84. The van der Waals surface area contributed by atoms with Crippen molar-refractivity contribution in [1.29, 1.82) is 0 Å². The van der Waals surface area contributed by atoms with Crippen molar-refractivity contribution in [2.45, 2.75) is 19.9 Å². The minimum atomic E-state index is -3.16. The topological polar surface area (TPSA) is 54.5 Å². The molecule has 4 nitrogen and oxygen atoms in total. The molecule has 0 saturated heterocycles. The van der Waals surface area contributed by atoms with Gasteiger partial charge in [0.2, 0.25) is 0 Å². The number of nitrogens with zero attached hydrogens (tertiary/aromatic N) is 1. The molecule has 0 radical (unpaired) electrons. The van der Waals surface area contributed by atoms with Crippen LogP contribution in [-0.4, -0.2) is 43.8 Å². The molecule has 1 aromatic carbocycles. The maximum absolute atomic E-state index is 13.0. The lowest BCUT2D eigenvalue weighted by Crippen LogP contribution is -2.39. The number of carbonyl (C=O) groups excluding carboxylic acids is 1. The standard InChI is InChI=1S/C13H17BrFNO3S/c1-4-20(18,19)8-9(2)16(3)13(17)11-6-5-10(15)7-12(11)14/h5-7,9H,4,8H2,1-3H3. The van der Waals surface area contributed by atoms with Crippen LogP contribution in [0, 0.1) is 5.82 Å². The predicted molar refractivity (Wildman–Crippen MR) is 80.0 cm³/mol. The van der Waals surface area contributed by atoms with E-state index in [9.17, 15) is 17.6 Å². The molecule has 0 aromatic heterocycles. The van der Waals surface area contributed by atoms with Crippen molar-refractivity contribution in [2.75, 3.05) is 18.6 Å². The van der Waals surface area contributed by atoms with Crippen LogP contribution in [0.25, 0.3) is 0 Å². The van der Waals surface area contributed by atoms with Crippen LogP contribution >= 0.6 is 15.9 Å². The number of carbonyl (C=O) groups is 1. The van der Waals surface area contributed by atoms with Gasteiger partial charge >= 0.3 is 0 Å². The second-order valence-electron chi connectivity index (χ2n) is 4.59. The number of hydrogen-bond donors (Lipinski definition) is 0. The molecule has 0 heterocycles. The minimum Gasteiger partial charge on any atom is -0.338 e. The Bertz CT molecular complexity index is 604. The average Bonchev–Trinajstić information content (AvgIpc) is 2.36. The summed E-state index contributed by atoms with van der Waals surface area (Å²) in [6.07, 6.45) is 0. The molecule has 0 aliphatic rings. The van der Waals surface area contributed by atoms with Crippen LogP contribution in [-0.2, 0) is 9.84 Å². The fourth-order valence-electron chi connectivity index (χ4n) is 1.65. The Kier molecular flexibility index (Phi) is 5.70. The number of hydrogen-bond acceptors (Lipinski definition) is 3. The summed E-state index contributed by atoms with van der Waals surface area (Å²) in [5, 5.41) is 0. The zero-order valence-corrected chi connectivity index (χ0v) is 14.0. The van der Waals surface area contributed by atoms with E-state index in [1.54, 1.807) is 13.8 Å². The zero-order valence-electron chi connectivity index (χ0n) is 11.6. The van der Waals surface area contributed by atoms with Crippen LogP contribution < -0.4 is 0 Å². The Labute approximate surface area is 127 Å². The van der Waals surface area contributed by atoms with E-state index in [4.69, 9.17) is 0 Å². The second kappa shape index (κ2) is 6.67. The van der Waals surface area contributed by atoms with Crippen molar-refractivity contribution in [3.05, 3.63) is 34.1 Å². The summed E-state index contributed by atoms with van der Waals surface area (Å²) in [7, 11) is -1.63. The van der Waals surface area contributed by atoms with Gasteiger partial charge in [0, 0.05) is 23.3 Å². The Morgan fingerprint density at radius 3 is 2.55 bits per heavy atom. The normalized spacial score (nSPS) is 13.1. The molecule has 1 amide bonds. The molecular weight excluding hydrogens is 349 g/mol. The van der Waals surface area contributed by atoms with E-state index in [2.05, 4.69) is 15.9 Å². The van der Waals surface area contributed by atoms with E-state index in [0.29, 0.717) is 10.0 Å². The molecule has 0 spiro atoms. The van der Waals surface area contributed by atoms with Crippen molar-refractivity contribution in [3.63, 3.8) is 0 Å². The first-order valence-electron chi connectivity index (χ1n) is 6.10. The van der Waals surface area contributed by atoms with E-state index < -0.39 is 21.7 Å². The van der Waals surface area contributed by atoms with E-state index in [1.165, 1.54) is 30.1 Å². The van der Waals surface area contributed by atoms with E-state index >= 15 is 0 Å². The van der Waals surface area contributed by atoms with Crippen molar-refractivity contribution in [2.24, 2.45) is 0 Å². The smallest absolute Gasteiger partial charge is 0.255 e. The molecule has 7 heteroatoms. The Morgan fingerprint density at radius 1 is 1.45 bits per heavy atom. The highest BCUT2D eigenvalue weighted by molar-refractivity contribution is 9.10. The average molecular weight is 366 g/mol. The van der Waals surface area contributed by atoms with E-state index in [-0.39, 0.29) is 17.4 Å². The summed E-state index contributed by atoms with van der Waals surface area (Å²) in [5.41, 5.74) is 0.301. The SMILES string of the molecule is CCS(=O)(=O)CC(C)N(C)C(=O)c1ccc(F)cc1Br. The van der Waals surface area contributed by atoms with Crippen LogP contribution in [0.3, 0.4) is 0 Å². The van der Waals surface area contributed by atoms with Crippen LogP contribution in [0.5, 0.6) is 0 Å². The molecule has 0 N–H and O–H groups in total. The van der Waals surface area contributed by atoms with Gasteiger partial charge in [-0.25, -0.2) is 12.8 Å². The fourth-order valence-corrected chi connectivity index (χ4v) is 3.36. The van der Waals surface area contributed by atoms with Crippen LogP contribution in [0.2, 0.25) is 0 Å². The molecule has 20 heavy (non-hydrogen) atoms. The van der Waals surface area contributed by atoms with E-state index in [0.717, 1.165) is 0 Å². The maximum Gasteiger partial charge on any atom is 0.255 e. The van der Waals surface area contributed by atoms with Gasteiger partial charge < -0.3 is 4.90 Å². The summed E-state index contributed by atoms with van der Waals surface area (Å²) >= 11 is 3.13. The molecular formula is C13H17BrFNO3S. The summed E-state index contributed by atoms with van der Waals surface area (Å²) in [6, 6.07) is 3.32. The van der Waals surface area contributed by atoms with Gasteiger partial charge in [-0.3, -0.25) is 4.79 Å². The molecule has 0 fully saturated rings. The quantitative estimate of drug-likeness (QED) is 0.805. The highest BCUT2D eigenvalue weighted by Crippen LogP contribution is 2.20. The Hall–Kier alpha value is -0.950. The van der Waals surface area contributed by atoms with Gasteiger partial charge in [0.1, 0.15) is 5.82 Å². The third-order valence-electron chi connectivity index (χ3n) is 3.08. The number of amides is 1. The monoisotopic (exact) mass is 365 g/mol. The molecule has 1 atom stereocenters. The maximum atomic E-state index is 13.0. The molecule has 0 aliphatic carbocycles. The Morgan fingerprint density at radius 2 is 2.05 bits per heavy atom. The lowest BCUT2D eigenvalue weighted by atomic mass is 10.2. The minimum absolute atomic E-state index is 0.0413. The van der Waals surface area contributed by atoms with Crippen molar-refractivity contribution in [3.8, 4) is 0 Å². The molecule has 0 saturated carbocycles. The number of sulfone groups is 1. The molecule has 1 aromatic rings. The molecule has 0 aliphatic heterocycles. The highest BCUT2D eigenvalue weighted by atomic mass is 79.9.